The fourth-order valence-corrected chi connectivity index (χ4v) is 11.9. The lowest BCUT2D eigenvalue weighted by atomic mass is 10.1. The van der Waals surface area contributed by atoms with E-state index >= 15 is 0 Å². The van der Waals surface area contributed by atoms with Gasteiger partial charge in [-0.1, -0.05) is 12.1 Å². The van der Waals surface area contributed by atoms with E-state index in [2.05, 4.69) is 25.3 Å². The Kier molecular flexibility index (Phi) is 20.3. The fraction of sp³-hybridized carbons (Fsp3) is 0.429. The number of piperidine rings is 2. The number of oxazole rings is 2. The lowest BCUT2D eigenvalue weighted by molar-refractivity contribution is 0.0207. The second kappa shape index (κ2) is 26.4. The lowest BCUT2D eigenvalue weighted by Crippen LogP contribution is -2.44. The van der Waals surface area contributed by atoms with E-state index in [4.69, 9.17) is 29.1 Å². The van der Waals surface area contributed by atoms with Crippen LogP contribution in [-0.4, -0.2) is 124 Å². The average molecular weight is 1130 g/mol. The van der Waals surface area contributed by atoms with Gasteiger partial charge >= 0.3 is 18.2 Å². The number of hydrogen-bond donors (Lipinski definition) is 3. The van der Waals surface area contributed by atoms with Gasteiger partial charge < -0.3 is 44.3 Å². The van der Waals surface area contributed by atoms with Gasteiger partial charge in [0, 0.05) is 80.7 Å². The van der Waals surface area contributed by atoms with Crippen molar-refractivity contribution in [2.24, 2.45) is 5.73 Å². The second-order valence-electron chi connectivity index (χ2n) is 21.1. The highest BCUT2D eigenvalue weighted by Crippen LogP contribution is 2.29. The first-order valence-corrected chi connectivity index (χ1v) is 29.1. The Balaban J connectivity index is 0.000000226. The number of aromatic carboxylic acids is 1. The SMILES string of the molecule is Cc1oc(-c2ccc(C(=O)NCc3cccnc3)cc2)nc1CS(=O)(=O)C1CCN(C(=O)OC(C)(C)C)CC1.Cc1oc(-c2ccc(C(=O)O)cc2)nc1CS(=O)(=O)C1CCN(C(=O)OC(C)(C)C)CC1.NCc1cccnc1. The molecule has 0 radical (unpaired) electrons. The summed E-state index contributed by atoms with van der Waals surface area (Å²) in [7, 11) is -7.03. The minimum absolute atomic E-state index is 0.137. The molecule has 2 aromatic carbocycles. The molecule has 2 saturated heterocycles. The second-order valence-corrected chi connectivity index (χ2v) is 25.6. The molecule has 2 aliphatic rings. The van der Waals surface area contributed by atoms with Crippen molar-refractivity contribution in [3.8, 4) is 22.9 Å². The monoisotopic (exact) mass is 1130 g/mol. The zero-order valence-corrected chi connectivity index (χ0v) is 47.4. The van der Waals surface area contributed by atoms with Gasteiger partial charge in [0.1, 0.15) is 22.7 Å². The molecule has 0 unspecified atom stereocenters. The highest BCUT2D eigenvalue weighted by Gasteiger charge is 2.36. The summed E-state index contributed by atoms with van der Waals surface area (Å²) in [5.41, 5.74) is 8.58. The smallest absolute Gasteiger partial charge is 0.410 e. The summed E-state index contributed by atoms with van der Waals surface area (Å²) in [6.45, 7) is 16.3. The van der Waals surface area contributed by atoms with Crippen molar-refractivity contribution in [1.29, 1.82) is 0 Å². The summed E-state index contributed by atoms with van der Waals surface area (Å²) in [5.74, 6) is -0.400. The molecular weight excluding hydrogens is 1060 g/mol. The van der Waals surface area contributed by atoms with Crippen LogP contribution in [0.4, 0.5) is 9.59 Å². The molecule has 8 rings (SSSR count). The van der Waals surface area contributed by atoms with Gasteiger partial charge in [-0.25, -0.2) is 41.2 Å². The Morgan fingerprint density at radius 2 is 1.03 bits per heavy atom. The van der Waals surface area contributed by atoms with E-state index in [1.54, 1.807) is 121 Å². The Morgan fingerprint density at radius 1 is 0.633 bits per heavy atom. The van der Waals surface area contributed by atoms with Crippen LogP contribution in [0.5, 0.6) is 0 Å². The lowest BCUT2D eigenvalue weighted by Gasteiger charge is -2.33. The zero-order chi connectivity index (χ0) is 57.7. The summed E-state index contributed by atoms with van der Waals surface area (Å²) >= 11 is 0. The molecule has 0 saturated carbocycles. The number of aryl methyl sites for hydroxylation is 2. The van der Waals surface area contributed by atoms with E-state index in [1.165, 1.54) is 17.0 Å². The Labute approximate surface area is 461 Å². The number of nitrogens with zero attached hydrogens (tertiary/aromatic N) is 6. The molecule has 0 aliphatic carbocycles. The molecule has 79 heavy (non-hydrogen) atoms. The highest BCUT2D eigenvalue weighted by atomic mass is 32.2. The van der Waals surface area contributed by atoms with Crippen molar-refractivity contribution in [2.75, 3.05) is 26.2 Å². The Hall–Kier alpha value is -7.50. The molecule has 3 amide bonds. The Bertz CT molecular complexity index is 3230. The summed E-state index contributed by atoms with van der Waals surface area (Å²) in [4.78, 5) is 67.8. The van der Waals surface area contributed by atoms with Gasteiger partial charge in [0.15, 0.2) is 19.7 Å². The summed E-state index contributed by atoms with van der Waals surface area (Å²) in [5, 5.41) is 10.7. The first-order chi connectivity index (χ1) is 37.2. The van der Waals surface area contributed by atoms with E-state index in [0.717, 1.165) is 11.1 Å². The van der Waals surface area contributed by atoms with Gasteiger partial charge in [-0.15, -0.1) is 0 Å². The predicted molar refractivity (Wildman–Crippen MR) is 295 cm³/mol. The number of hydrogen-bond acceptors (Lipinski definition) is 17. The van der Waals surface area contributed by atoms with Crippen LogP contribution >= 0.6 is 0 Å². The number of carboxylic acids is 1. The maximum Gasteiger partial charge on any atom is 0.410 e. The third-order valence-corrected chi connectivity index (χ3v) is 16.9. The maximum atomic E-state index is 13.2. The zero-order valence-electron chi connectivity index (χ0n) is 45.8. The Morgan fingerprint density at radius 3 is 1.37 bits per heavy atom. The summed E-state index contributed by atoms with van der Waals surface area (Å²) in [6.07, 6.45) is 7.37. The van der Waals surface area contributed by atoms with Gasteiger partial charge in [-0.3, -0.25) is 14.8 Å². The molecule has 0 atom stereocenters. The van der Waals surface area contributed by atoms with Crippen molar-refractivity contribution < 1.29 is 59.4 Å². The number of nitrogens with two attached hydrogens (primary N) is 1. The quantitative estimate of drug-likeness (QED) is 0.0976. The van der Waals surface area contributed by atoms with E-state index in [-0.39, 0.29) is 28.9 Å². The van der Waals surface area contributed by atoms with E-state index in [9.17, 15) is 36.0 Å². The molecule has 21 nitrogen and oxygen atoms in total. The van der Waals surface area contributed by atoms with Crippen LogP contribution in [0, 0.1) is 13.8 Å². The minimum atomic E-state index is -3.52. The first-order valence-electron chi connectivity index (χ1n) is 25.7. The number of nitrogens with one attached hydrogen (secondary N) is 1. The molecule has 23 heteroatoms. The molecule has 4 N–H and O–H groups in total. The van der Waals surface area contributed by atoms with E-state index in [1.807, 2.05) is 24.3 Å². The van der Waals surface area contributed by atoms with Gasteiger partial charge in [0.25, 0.3) is 5.91 Å². The number of amides is 3. The van der Waals surface area contributed by atoms with Crippen molar-refractivity contribution in [2.45, 2.75) is 127 Å². The molecule has 6 aromatic rings. The predicted octanol–water partition coefficient (Wildman–Crippen LogP) is 8.49. The van der Waals surface area contributed by atoms with Crippen LogP contribution in [-0.2, 0) is 53.7 Å². The van der Waals surface area contributed by atoms with Crippen molar-refractivity contribution in [3.05, 3.63) is 143 Å². The largest absolute Gasteiger partial charge is 0.478 e. The fourth-order valence-electron chi connectivity index (χ4n) is 8.26. The number of carboxylic acid groups (broad SMARTS) is 1. The number of likely N-dealkylation sites (tertiary alicyclic amines) is 2. The summed E-state index contributed by atoms with van der Waals surface area (Å²) < 4.78 is 74.5. The number of benzene rings is 2. The van der Waals surface area contributed by atoms with Crippen LogP contribution in [0.3, 0.4) is 0 Å². The van der Waals surface area contributed by atoms with Crippen molar-refractivity contribution in [1.82, 2.24) is 35.1 Å². The molecule has 0 spiro atoms. The molecule has 0 bridgehead atoms. The van der Waals surface area contributed by atoms with E-state index < -0.39 is 59.5 Å². The van der Waals surface area contributed by atoms with Crippen LogP contribution in [0.2, 0.25) is 0 Å². The van der Waals surface area contributed by atoms with Gasteiger partial charge in [0.05, 0.1) is 39.0 Å². The van der Waals surface area contributed by atoms with Crippen molar-refractivity contribution >= 4 is 43.7 Å². The van der Waals surface area contributed by atoms with Gasteiger partial charge in [0.2, 0.25) is 11.8 Å². The highest BCUT2D eigenvalue weighted by molar-refractivity contribution is 7.91. The number of carbonyl (C=O) groups excluding carboxylic acids is 3. The number of carbonyl (C=O) groups is 4. The first kappa shape index (κ1) is 60.7. The number of ether oxygens (including phenoxy) is 2. The maximum absolute atomic E-state index is 13.2. The number of pyridine rings is 2. The standard InChI is InChI=1S/C28H34N4O6S.C22H28N2O7S.C6H8N2/c1-19-24(18-39(35,36)23-11-14-32(15-12-23)27(34)38-28(2,3)4)31-26(37-19)22-9-7-21(8-10-22)25(33)30-17-20-6-5-13-29-16-20;1-14-18(23-19(30-14)15-5-7-16(8-6-15)20(25)26)13-32(28,29)17-9-11-24(12-10-17)21(27)31-22(2,3)4;7-4-6-2-1-3-8-5-6/h5-10,13,16,23H,11-12,14-15,17-18H2,1-4H3,(H,30,33);5-8,17H,9-13H2,1-4H3,(H,25,26);1-3,5H,4,7H2. The van der Waals surface area contributed by atoms with Crippen molar-refractivity contribution in [3.63, 3.8) is 0 Å². The van der Waals surface area contributed by atoms with E-state index in [0.29, 0.717) is 110 Å². The number of aromatic nitrogens is 4. The third kappa shape index (κ3) is 18.0. The topological polar surface area (TPSA) is 298 Å². The average Bonchev–Trinajstić information content (AvgIpc) is 3.97. The molecule has 424 valence electrons. The molecule has 2 aliphatic heterocycles. The number of sulfone groups is 2. The van der Waals surface area contributed by atoms with Gasteiger partial charge in [-0.05, 0) is 153 Å². The molecule has 4 aromatic heterocycles. The summed E-state index contributed by atoms with van der Waals surface area (Å²) in [6, 6.07) is 20.3. The molecular formula is C56H70N8O13S2. The minimum Gasteiger partial charge on any atom is -0.478 e. The number of rotatable bonds is 13. The molecule has 2 fully saturated rings. The van der Waals surface area contributed by atoms with Crippen LogP contribution in [0.25, 0.3) is 22.9 Å². The normalized spacial score (nSPS) is 14.5. The van der Waals surface area contributed by atoms with Gasteiger partial charge in [-0.2, -0.15) is 0 Å². The van der Waals surface area contributed by atoms with Crippen LogP contribution in [0.1, 0.15) is 122 Å². The van der Waals surface area contributed by atoms with Crippen LogP contribution in [0.15, 0.2) is 106 Å². The van der Waals surface area contributed by atoms with Crippen LogP contribution < -0.4 is 11.1 Å². The molecule has 6 heterocycles. The third-order valence-electron chi connectivity index (χ3n) is 12.6.